The normalized spacial score (nSPS) is 27.7. The number of halogens is 4. The molecule has 0 bridgehead atoms. The Morgan fingerprint density at radius 3 is 2.08 bits per heavy atom. The minimum absolute atomic E-state index is 0.146. The van der Waals surface area contributed by atoms with Crippen LogP contribution in [0.5, 0.6) is 0 Å². The minimum atomic E-state index is -0.154. The second-order valence-electron chi connectivity index (χ2n) is 18.6. The summed E-state index contributed by atoms with van der Waals surface area (Å²) in [6, 6.07) is 4.48. The van der Waals surface area contributed by atoms with E-state index >= 15 is 0 Å². The molecule has 8 nitrogen and oxygen atoms in total. The molecular weight excluding hydrogens is 1140 g/mol. The van der Waals surface area contributed by atoms with Crippen molar-refractivity contribution in [3.63, 3.8) is 0 Å². The molecule has 4 aliphatic heterocycles. The van der Waals surface area contributed by atoms with Crippen LogP contribution in [0.25, 0.3) is 0 Å². The van der Waals surface area contributed by atoms with Crippen molar-refractivity contribution in [3.05, 3.63) is 80.2 Å². The molecule has 4 saturated heterocycles. The summed E-state index contributed by atoms with van der Waals surface area (Å²) in [5.74, 6) is 5.95. The zero-order valence-corrected chi connectivity index (χ0v) is 46.8. The van der Waals surface area contributed by atoms with Crippen molar-refractivity contribution in [2.24, 2.45) is 23.7 Å². The maximum Gasteiger partial charge on any atom is 0.409 e. The Morgan fingerprint density at radius 2 is 1.30 bits per heavy atom. The number of carbonyl (C=O) groups is 2. The molecule has 4 aromatic heterocycles. The molecule has 0 spiro atoms. The monoisotopic (exact) mass is 1200 g/mol. The first-order valence-electron chi connectivity index (χ1n) is 23.3. The van der Waals surface area contributed by atoms with Crippen LogP contribution in [-0.2, 0) is 35.2 Å². The van der Waals surface area contributed by atoms with Gasteiger partial charge in [-0.3, -0.25) is 0 Å². The number of nitrogens with one attached hydrogen (secondary N) is 2. The molecule has 12 rings (SSSR count). The molecule has 64 heavy (non-hydrogen) atoms. The maximum absolute atomic E-state index is 11.8. The van der Waals surface area contributed by atoms with Crippen molar-refractivity contribution in [2.45, 2.75) is 103 Å². The van der Waals surface area contributed by atoms with Crippen LogP contribution in [0.1, 0.15) is 115 Å². The lowest BCUT2D eigenvalue weighted by Gasteiger charge is -2.34. The van der Waals surface area contributed by atoms with Gasteiger partial charge in [0.2, 0.25) is 0 Å². The summed E-state index contributed by atoms with van der Waals surface area (Å²) in [6.45, 7) is 17.2. The molecule has 8 heterocycles. The SMILES string of the molecule is CCOC(=O)N1CCC2Cc3sc(Br)cc3C2C1.CCOC(=O)N1CCC2c3sc(Br)cc3CC2C1.Cc1sc2c(c1Br)C1CNCCC1C2.Cc1sc2c(c1Br)CC1CNCCC21. The number of carbonyl (C=O) groups excluding carboxylic acids is 2. The lowest BCUT2D eigenvalue weighted by molar-refractivity contribution is 0.0854. The number of amides is 2. The average molecular weight is 1200 g/mol. The van der Waals surface area contributed by atoms with E-state index in [9.17, 15) is 9.59 Å². The van der Waals surface area contributed by atoms with Gasteiger partial charge in [0.25, 0.3) is 0 Å². The van der Waals surface area contributed by atoms with E-state index in [1.807, 2.05) is 69.0 Å². The molecule has 4 aromatic rings. The molecule has 8 aliphatic rings. The van der Waals surface area contributed by atoms with Crippen molar-refractivity contribution in [2.75, 3.05) is 65.6 Å². The first kappa shape index (κ1) is 48.2. The third-order valence-electron chi connectivity index (χ3n) is 14.9. The Hall–Kier alpha value is -0.820. The third-order valence-corrected chi connectivity index (χ3v) is 23.5. The van der Waals surface area contributed by atoms with Gasteiger partial charge in [0, 0.05) is 88.7 Å². The Kier molecular flexibility index (Phi) is 15.8. The van der Waals surface area contributed by atoms with Gasteiger partial charge in [0.1, 0.15) is 0 Å². The Bertz CT molecular complexity index is 2320. The fourth-order valence-electron chi connectivity index (χ4n) is 11.9. The maximum atomic E-state index is 11.8. The van der Waals surface area contributed by atoms with Crippen molar-refractivity contribution in [1.82, 2.24) is 20.4 Å². The van der Waals surface area contributed by atoms with Gasteiger partial charge >= 0.3 is 12.2 Å². The summed E-state index contributed by atoms with van der Waals surface area (Å²) in [5.41, 5.74) is 6.18. The highest BCUT2D eigenvalue weighted by Crippen LogP contribution is 2.52. The Labute approximate surface area is 428 Å². The molecule has 8 atom stereocenters. The van der Waals surface area contributed by atoms with Gasteiger partial charge in [-0.2, -0.15) is 0 Å². The number of fused-ring (bicyclic) bond motifs is 12. The van der Waals surface area contributed by atoms with E-state index in [-0.39, 0.29) is 12.2 Å². The molecule has 2 N–H and O–H groups in total. The molecule has 0 aromatic carbocycles. The zero-order valence-electron chi connectivity index (χ0n) is 37.2. The van der Waals surface area contributed by atoms with E-state index in [0.717, 1.165) is 75.0 Å². The van der Waals surface area contributed by atoms with Gasteiger partial charge in [-0.15, -0.1) is 45.3 Å². The molecule has 2 amide bonds. The number of aryl methyl sites for hydroxylation is 2. The van der Waals surface area contributed by atoms with Crippen molar-refractivity contribution in [1.29, 1.82) is 0 Å². The molecular formula is C48H60Br4N4O4S4. The quantitative estimate of drug-likeness (QED) is 0.208. The second-order valence-corrected chi connectivity index (χ2v) is 27.8. The molecule has 4 fully saturated rings. The van der Waals surface area contributed by atoms with Crippen LogP contribution < -0.4 is 10.6 Å². The third kappa shape index (κ3) is 9.96. The Balaban J connectivity index is 0.000000109. The van der Waals surface area contributed by atoms with E-state index in [2.05, 4.69) is 100 Å². The number of piperidine rings is 4. The highest BCUT2D eigenvalue weighted by atomic mass is 79.9. The molecule has 8 unspecified atom stereocenters. The highest BCUT2D eigenvalue weighted by Gasteiger charge is 2.42. The Morgan fingerprint density at radius 1 is 0.641 bits per heavy atom. The van der Waals surface area contributed by atoms with Crippen LogP contribution in [0.15, 0.2) is 28.7 Å². The topological polar surface area (TPSA) is 83.1 Å². The zero-order chi connectivity index (χ0) is 44.8. The molecule has 16 heteroatoms. The largest absolute Gasteiger partial charge is 0.450 e. The van der Waals surface area contributed by atoms with Crippen LogP contribution in [-0.4, -0.2) is 87.6 Å². The van der Waals surface area contributed by atoms with Gasteiger partial charge in [-0.05, 0) is 226 Å². The van der Waals surface area contributed by atoms with E-state index in [4.69, 9.17) is 9.47 Å². The van der Waals surface area contributed by atoms with Crippen molar-refractivity contribution < 1.29 is 19.1 Å². The number of nitrogens with zero attached hydrogens (tertiary/aromatic N) is 2. The van der Waals surface area contributed by atoms with Crippen LogP contribution >= 0.6 is 109 Å². The van der Waals surface area contributed by atoms with Gasteiger partial charge in [-0.1, -0.05) is 0 Å². The first-order valence-corrected chi connectivity index (χ1v) is 29.7. The van der Waals surface area contributed by atoms with Gasteiger partial charge in [0.15, 0.2) is 0 Å². The number of likely N-dealkylation sites (tertiary alicyclic amines) is 2. The number of ether oxygens (including phenoxy) is 2. The van der Waals surface area contributed by atoms with Crippen LogP contribution in [0.4, 0.5) is 9.59 Å². The summed E-state index contributed by atoms with van der Waals surface area (Å²) < 4.78 is 15.4. The summed E-state index contributed by atoms with van der Waals surface area (Å²) >= 11 is 22.3. The number of hydrogen-bond acceptors (Lipinski definition) is 10. The fraction of sp³-hybridized carbons (Fsp3) is 0.625. The molecule has 0 radical (unpaired) electrons. The highest BCUT2D eigenvalue weighted by molar-refractivity contribution is 9.11. The summed E-state index contributed by atoms with van der Waals surface area (Å²) in [4.78, 5) is 36.6. The van der Waals surface area contributed by atoms with Gasteiger partial charge in [-0.25, -0.2) is 9.59 Å². The van der Waals surface area contributed by atoms with E-state index in [1.165, 1.54) is 105 Å². The summed E-state index contributed by atoms with van der Waals surface area (Å²) in [6.07, 6.45) is 9.49. The average Bonchev–Trinajstić information content (AvgIpc) is 4.17. The fourth-order valence-corrected chi connectivity index (χ4v) is 19.9. The van der Waals surface area contributed by atoms with E-state index in [0.29, 0.717) is 31.0 Å². The van der Waals surface area contributed by atoms with Crippen LogP contribution in [0.3, 0.4) is 0 Å². The van der Waals surface area contributed by atoms with Crippen molar-refractivity contribution in [3.8, 4) is 0 Å². The lowest BCUT2D eigenvalue weighted by atomic mass is 9.86. The van der Waals surface area contributed by atoms with E-state index in [1.54, 1.807) is 20.9 Å². The minimum Gasteiger partial charge on any atom is -0.450 e. The van der Waals surface area contributed by atoms with Crippen LogP contribution in [0.2, 0.25) is 0 Å². The van der Waals surface area contributed by atoms with Gasteiger partial charge < -0.3 is 29.9 Å². The molecule has 348 valence electrons. The second kappa shape index (κ2) is 21.0. The predicted molar refractivity (Wildman–Crippen MR) is 279 cm³/mol. The standard InChI is InChI=1S/2C13H16BrNO2S.2C11H14BrNS/c1-2-17-13(16)15-4-3-10-9(7-15)5-8-6-11(14)18-12(8)10;1-2-17-13(16)15-4-3-8-5-11-9(10(8)7-15)6-12(14)18-11;1-6-10(12)9-4-7-5-13-3-2-8(7)11(9)14-6;1-6-11(12)10-8-5-13-3-2-7(8)4-9(10)14-6/h6,9-10H,2-5,7H2,1H3;6,8,10H,2-5,7H2,1H3;2*7-8,13H,2-5H2,1H3. The van der Waals surface area contributed by atoms with Gasteiger partial charge in [0.05, 0.1) is 20.8 Å². The number of hydrogen-bond donors (Lipinski definition) is 2. The number of thiophene rings is 4. The predicted octanol–water partition coefficient (Wildman–Crippen LogP) is 13.4. The summed E-state index contributed by atoms with van der Waals surface area (Å²) in [5, 5.41) is 7.02. The van der Waals surface area contributed by atoms with Crippen molar-refractivity contribution >= 4 is 121 Å². The first-order chi connectivity index (χ1) is 30.9. The van der Waals surface area contributed by atoms with Crippen LogP contribution in [0, 0.1) is 37.5 Å². The summed E-state index contributed by atoms with van der Waals surface area (Å²) in [7, 11) is 0. The lowest BCUT2D eigenvalue weighted by Crippen LogP contribution is -2.42. The van der Waals surface area contributed by atoms with E-state index < -0.39 is 0 Å². The number of rotatable bonds is 2. The molecule has 4 aliphatic carbocycles. The molecule has 0 saturated carbocycles. The smallest absolute Gasteiger partial charge is 0.409 e.